The first-order valence-electron chi connectivity index (χ1n) is 9.96. The van der Waals surface area contributed by atoms with Crippen LogP contribution in [-0.4, -0.2) is 39.6 Å². The molecule has 1 aliphatic rings. The van der Waals surface area contributed by atoms with Gasteiger partial charge in [-0.3, -0.25) is 9.36 Å². The van der Waals surface area contributed by atoms with Crippen LogP contribution in [0.5, 0.6) is 11.5 Å². The van der Waals surface area contributed by atoms with Gasteiger partial charge < -0.3 is 14.8 Å². The number of carbonyl (C=O) groups is 1. The lowest BCUT2D eigenvalue weighted by molar-refractivity contribution is -0.118. The number of hydrogen-bond acceptors (Lipinski definition) is 6. The molecule has 0 saturated carbocycles. The highest BCUT2D eigenvalue weighted by molar-refractivity contribution is 7.99. The van der Waals surface area contributed by atoms with E-state index >= 15 is 0 Å². The number of amides is 1. The predicted octanol–water partition coefficient (Wildman–Crippen LogP) is 4.11. The maximum atomic E-state index is 12.4. The van der Waals surface area contributed by atoms with Crippen molar-refractivity contribution in [2.75, 3.05) is 19.0 Å². The number of ether oxygens (including phenoxy) is 2. The number of hydrogen-bond donors (Lipinski definition) is 1. The Morgan fingerprint density at radius 3 is 2.87 bits per heavy atom. The van der Waals surface area contributed by atoms with Gasteiger partial charge in [-0.15, -0.1) is 10.2 Å². The van der Waals surface area contributed by atoms with Crippen LogP contribution in [0.2, 0.25) is 5.02 Å². The van der Waals surface area contributed by atoms with Crippen molar-refractivity contribution >= 4 is 29.3 Å². The van der Waals surface area contributed by atoms with Gasteiger partial charge in [-0.2, -0.15) is 0 Å². The second kappa shape index (κ2) is 9.62. The third kappa shape index (κ3) is 5.14. The van der Waals surface area contributed by atoms with Crippen molar-refractivity contribution < 1.29 is 14.3 Å². The number of aromatic nitrogens is 3. The highest BCUT2D eigenvalue weighted by Crippen LogP contribution is 2.38. The summed E-state index contributed by atoms with van der Waals surface area (Å²) in [6, 6.07) is 9.81. The van der Waals surface area contributed by atoms with Gasteiger partial charge in [0, 0.05) is 18.7 Å². The van der Waals surface area contributed by atoms with Gasteiger partial charge in [-0.25, -0.2) is 0 Å². The Morgan fingerprint density at radius 2 is 2.03 bits per heavy atom. The molecule has 0 bridgehead atoms. The first kappa shape index (κ1) is 21.5. The van der Waals surface area contributed by atoms with Gasteiger partial charge in [-0.1, -0.05) is 29.4 Å². The topological polar surface area (TPSA) is 78.3 Å². The fraction of sp³-hybridized carbons (Fsp3) is 0.318. The van der Waals surface area contributed by atoms with Crippen LogP contribution in [0.15, 0.2) is 41.8 Å². The molecule has 0 fully saturated rings. The van der Waals surface area contributed by atoms with Crippen molar-refractivity contribution in [2.24, 2.45) is 0 Å². The van der Waals surface area contributed by atoms with E-state index < -0.39 is 0 Å². The van der Waals surface area contributed by atoms with Gasteiger partial charge >= 0.3 is 0 Å². The molecule has 31 heavy (non-hydrogen) atoms. The van der Waals surface area contributed by atoms with E-state index in [4.69, 9.17) is 21.1 Å². The Morgan fingerprint density at radius 1 is 1.19 bits per heavy atom. The van der Waals surface area contributed by atoms with Crippen molar-refractivity contribution in [1.29, 1.82) is 0 Å². The third-order valence-electron chi connectivity index (χ3n) is 4.97. The summed E-state index contributed by atoms with van der Waals surface area (Å²) >= 11 is 7.66. The Bertz CT molecular complexity index is 1100. The molecule has 1 aromatic heterocycles. The smallest absolute Gasteiger partial charge is 0.230 e. The van der Waals surface area contributed by atoms with Gasteiger partial charge in [0.2, 0.25) is 5.91 Å². The molecule has 0 spiro atoms. The van der Waals surface area contributed by atoms with Crippen LogP contribution in [0.25, 0.3) is 5.69 Å². The second-order valence-electron chi connectivity index (χ2n) is 7.27. The van der Waals surface area contributed by atoms with Gasteiger partial charge in [0.1, 0.15) is 6.33 Å². The molecular formula is C22H23ClN4O3S. The quantitative estimate of drug-likeness (QED) is 0.560. The standard InChI is InChI=1S/C22H23ClN4O3S/c1-14-4-5-17(8-15(14)2)27-13-25-26-22(27)31-12-20(28)24-11-16-9-18(23)21-19(10-16)29-6-3-7-30-21/h4-5,8-10,13H,3,6-7,11-12H2,1-2H3,(H,24,28). The third-order valence-corrected chi connectivity index (χ3v) is 6.19. The SMILES string of the molecule is Cc1ccc(-n2cnnc2SCC(=O)NCc2cc(Cl)c3c(c2)OCCCO3)cc1C. The number of rotatable bonds is 6. The van der Waals surface area contributed by atoms with Gasteiger partial charge in [0.05, 0.1) is 24.0 Å². The van der Waals surface area contributed by atoms with Crippen LogP contribution in [0.4, 0.5) is 0 Å². The zero-order chi connectivity index (χ0) is 21.8. The minimum Gasteiger partial charge on any atom is -0.489 e. The summed E-state index contributed by atoms with van der Waals surface area (Å²) in [4.78, 5) is 12.4. The number of thioether (sulfide) groups is 1. The number of fused-ring (bicyclic) bond motifs is 1. The van der Waals surface area contributed by atoms with E-state index in [1.165, 1.54) is 22.9 Å². The molecule has 7 nitrogen and oxygen atoms in total. The average Bonchev–Trinajstić information content (AvgIpc) is 3.09. The maximum Gasteiger partial charge on any atom is 0.230 e. The van der Waals surface area contributed by atoms with Crippen LogP contribution < -0.4 is 14.8 Å². The van der Waals surface area contributed by atoms with Gasteiger partial charge in [-0.05, 0) is 54.8 Å². The van der Waals surface area contributed by atoms with Gasteiger partial charge in [0.25, 0.3) is 0 Å². The highest BCUT2D eigenvalue weighted by atomic mass is 35.5. The second-order valence-corrected chi connectivity index (χ2v) is 8.62. The molecule has 0 saturated heterocycles. The molecule has 2 heterocycles. The molecule has 9 heteroatoms. The molecule has 2 aromatic carbocycles. The molecule has 3 aromatic rings. The summed E-state index contributed by atoms with van der Waals surface area (Å²) in [5.74, 6) is 1.30. The van der Waals surface area contributed by atoms with Crippen LogP contribution in [0.1, 0.15) is 23.1 Å². The van der Waals surface area contributed by atoms with Crippen molar-refractivity contribution in [1.82, 2.24) is 20.1 Å². The number of nitrogens with zero attached hydrogens (tertiary/aromatic N) is 3. The molecule has 0 atom stereocenters. The number of halogens is 1. The number of benzene rings is 2. The van der Waals surface area contributed by atoms with E-state index in [9.17, 15) is 4.79 Å². The fourth-order valence-electron chi connectivity index (χ4n) is 3.14. The average molecular weight is 459 g/mol. The molecule has 1 N–H and O–H groups in total. The summed E-state index contributed by atoms with van der Waals surface area (Å²) in [7, 11) is 0. The molecule has 0 radical (unpaired) electrons. The molecule has 0 unspecified atom stereocenters. The minimum atomic E-state index is -0.108. The molecule has 1 amide bonds. The fourth-order valence-corrected chi connectivity index (χ4v) is 4.19. The van der Waals surface area contributed by atoms with E-state index in [-0.39, 0.29) is 11.7 Å². The summed E-state index contributed by atoms with van der Waals surface area (Å²) in [5, 5.41) is 12.2. The van der Waals surface area contributed by atoms with Crippen molar-refractivity contribution in [3.05, 3.63) is 58.4 Å². The molecule has 4 rings (SSSR count). The largest absolute Gasteiger partial charge is 0.489 e. The lowest BCUT2D eigenvalue weighted by Gasteiger charge is -2.12. The number of carbonyl (C=O) groups excluding carboxylic acids is 1. The Labute approximate surface area is 190 Å². The highest BCUT2D eigenvalue weighted by Gasteiger charge is 2.16. The predicted molar refractivity (Wildman–Crippen MR) is 120 cm³/mol. The zero-order valence-electron chi connectivity index (χ0n) is 17.4. The lowest BCUT2D eigenvalue weighted by atomic mass is 10.1. The molecule has 0 aliphatic carbocycles. The summed E-state index contributed by atoms with van der Waals surface area (Å²) < 4.78 is 13.2. The maximum absolute atomic E-state index is 12.4. The monoisotopic (exact) mass is 458 g/mol. The molecule has 162 valence electrons. The van der Waals surface area contributed by atoms with Crippen molar-refractivity contribution in [3.8, 4) is 17.2 Å². The van der Waals surface area contributed by atoms with Crippen LogP contribution >= 0.6 is 23.4 Å². The van der Waals surface area contributed by atoms with E-state index in [2.05, 4.69) is 41.5 Å². The van der Waals surface area contributed by atoms with Gasteiger partial charge in [0.15, 0.2) is 16.7 Å². The number of nitrogens with one attached hydrogen (secondary N) is 1. The molecule has 1 aliphatic heterocycles. The van der Waals surface area contributed by atoms with Crippen LogP contribution in [-0.2, 0) is 11.3 Å². The van der Waals surface area contributed by atoms with E-state index in [1.807, 2.05) is 16.7 Å². The Hall–Kier alpha value is -2.71. The van der Waals surface area contributed by atoms with Crippen LogP contribution in [0, 0.1) is 13.8 Å². The van der Waals surface area contributed by atoms with Crippen LogP contribution in [0.3, 0.4) is 0 Å². The molecular weight excluding hydrogens is 436 g/mol. The van der Waals surface area contributed by atoms with Crippen molar-refractivity contribution in [3.63, 3.8) is 0 Å². The summed E-state index contributed by atoms with van der Waals surface area (Å²) in [6.45, 7) is 5.64. The Kier molecular flexibility index (Phi) is 6.67. The summed E-state index contributed by atoms with van der Waals surface area (Å²) in [6.07, 6.45) is 2.46. The minimum absolute atomic E-state index is 0.108. The number of aryl methyl sites for hydroxylation is 2. The normalized spacial score (nSPS) is 13.0. The van der Waals surface area contributed by atoms with Crippen molar-refractivity contribution in [2.45, 2.75) is 32.0 Å². The Balaban J connectivity index is 1.36. The van der Waals surface area contributed by atoms with E-state index in [1.54, 1.807) is 12.4 Å². The lowest BCUT2D eigenvalue weighted by Crippen LogP contribution is -2.24. The summed E-state index contributed by atoms with van der Waals surface area (Å²) in [5.41, 5.74) is 4.23. The first-order chi connectivity index (χ1) is 15.0. The van der Waals surface area contributed by atoms with E-state index in [0.717, 1.165) is 17.7 Å². The first-order valence-corrected chi connectivity index (χ1v) is 11.3. The van der Waals surface area contributed by atoms with E-state index in [0.29, 0.717) is 41.4 Å². The zero-order valence-corrected chi connectivity index (χ0v) is 18.9.